The van der Waals surface area contributed by atoms with Crippen molar-refractivity contribution in [2.45, 2.75) is 39.8 Å². The molecule has 1 N–H and O–H groups in total. The SMILES string of the molecule is CCCCNC(=NCc1nnc(C)n1C)N(C)Cc1cc(Cl)cn1C.I. The summed E-state index contributed by atoms with van der Waals surface area (Å²) in [6.45, 7) is 6.22. The molecule has 2 aromatic heterocycles. The maximum Gasteiger partial charge on any atom is 0.194 e. The molecule has 26 heavy (non-hydrogen) atoms. The molecular formula is C17H29ClIN7. The first kappa shape index (κ1) is 22.8. The molecule has 0 spiro atoms. The van der Waals surface area contributed by atoms with Gasteiger partial charge in [-0.1, -0.05) is 24.9 Å². The van der Waals surface area contributed by atoms with Gasteiger partial charge in [-0.3, -0.25) is 0 Å². The van der Waals surface area contributed by atoms with E-state index in [2.05, 4.69) is 27.3 Å². The van der Waals surface area contributed by atoms with Gasteiger partial charge in [0.05, 0.1) is 11.6 Å². The number of hydrogen-bond acceptors (Lipinski definition) is 3. The molecule has 2 aromatic rings. The topological polar surface area (TPSA) is 63.3 Å². The van der Waals surface area contributed by atoms with Crippen molar-refractivity contribution in [1.82, 2.24) is 29.5 Å². The molecule has 9 heteroatoms. The van der Waals surface area contributed by atoms with Gasteiger partial charge in [0.2, 0.25) is 0 Å². The van der Waals surface area contributed by atoms with Crippen molar-refractivity contribution in [2.75, 3.05) is 13.6 Å². The highest BCUT2D eigenvalue weighted by molar-refractivity contribution is 14.0. The standard InChI is InChI=1S/C17H28ClN7.HI/c1-6-7-8-19-17(20-10-16-22-21-13(2)25(16)5)24(4)12-15-9-14(18)11-23(15)3;/h9,11H,6-8,10,12H2,1-5H3,(H,19,20);1H. The van der Waals surface area contributed by atoms with Gasteiger partial charge in [0.15, 0.2) is 11.8 Å². The molecule has 7 nitrogen and oxygen atoms in total. The van der Waals surface area contributed by atoms with Gasteiger partial charge in [-0.15, -0.1) is 34.2 Å². The van der Waals surface area contributed by atoms with Crippen molar-refractivity contribution in [3.8, 4) is 0 Å². The minimum absolute atomic E-state index is 0. The third-order valence-corrected chi connectivity index (χ3v) is 4.41. The number of guanidine groups is 1. The smallest absolute Gasteiger partial charge is 0.194 e. The molecule has 0 aromatic carbocycles. The molecule has 0 aliphatic rings. The summed E-state index contributed by atoms with van der Waals surface area (Å²) in [5.74, 6) is 2.59. The van der Waals surface area contributed by atoms with Gasteiger partial charge in [-0.05, 0) is 19.4 Å². The van der Waals surface area contributed by atoms with Crippen LogP contribution in [-0.2, 0) is 27.2 Å². The largest absolute Gasteiger partial charge is 0.356 e. The summed E-state index contributed by atoms with van der Waals surface area (Å²) in [7, 11) is 5.99. The van der Waals surface area contributed by atoms with Crippen LogP contribution in [0.15, 0.2) is 17.3 Å². The summed E-state index contributed by atoms with van der Waals surface area (Å²) in [5.41, 5.74) is 1.13. The summed E-state index contributed by atoms with van der Waals surface area (Å²) >= 11 is 6.09. The van der Waals surface area contributed by atoms with Crippen LogP contribution in [0, 0.1) is 6.92 Å². The zero-order valence-corrected chi connectivity index (χ0v) is 19.2. The first-order chi connectivity index (χ1) is 11.9. The molecule has 0 unspecified atom stereocenters. The van der Waals surface area contributed by atoms with E-state index in [0.717, 1.165) is 54.3 Å². The fourth-order valence-electron chi connectivity index (χ4n) is 2.46. The normalized spacial score (nSPS) is 11.4. The molecule has 0 aliphatic carbocycles. The molecule has 0 radical (unpaired) electrons. The van der Waals surface area contributed by atoms with Crippen LogP contribution in [0.5, 0.6) is 0 Å². The highest BCUT2D eigenvalue weighted by Crippen LogP contribution is 2.14. The Morgan fingerprint density at radius 1 is 1.35 bits per heavy atom. The fourth-order valence-corrected chi connectivity index (χ4v) is 2.74. The van der Waals surface area contributed by atoms with Crippen molar-refractivity contribution < 1.29 is 0 Å². The van der Waals surface area contributed by atoms with Crippen LogP contribution in [0.4, 0.5) is 0 Å². The maximum atomic E-state index is 6.09. The van der Waals surface area contributed by atoms with E-state index in [-0.39, 0.29) is 24.0 Å². The Morgan fingerprint density at radius 2 is 2.08 bits per heavy atom. The average Bonchev–Trinajstić information content (AvgIpc) is 3.05. The van der Waals surface area contributed by atoms with E-state index in [1.807, 2.05) is 49.5 Å². The highest BCUT2D eigenvalue weighted by atomic mass is 127. The molecule has 0 fully saturated rings. The third-order valence-electron chi connectivity index (χ3n) is 4.20. The summed E-state index contributed by atoms with van der Waals surface area (Å²) in [4.78, 5) is 6.84. The summed E-state index contributed by atoms with van der Waals surface area (Å²) < 4.78 is 4.00. The Balaban J connectivity index is 0.00000338. The summed E-state index contributed by atoms with van der Waals surface area (Å²) in [6.07, 6.45) is 4.15. The molecule has 0 bridgehead atoms. The lowest BCUT2D eigenvalue weighted by atomic mass is 10.3. The Bertz CT molecular complexity index is 723. The lowest BCUT2D eigenvalue weighted by Gasteiger charge is -2.22. The predicted octanol–water partition coefficient (Wildman–Crippen LogP) is 3.11. The molecule has 0 aliphatic heterocycles. The van der Waals surface area contributed by atoms with Gasteiger partial charge in [0, 0.05) is 39.6 Å². The number of aryl methyl sites for hydroxylation is 2. The number of rotatable bonds is 7. The van der Waals surface area contributed by atoms with E-state index in [1.54, 1.807) is 0 Å². The van der Waals surface area contributed by atoms with E-state index < -0.39 is 0 Å². The van der Waals surface area contributed by atoms with Gasteiger partial charge in [-0.2, -0.15) is 0 Å². The maximum absolute atomic E-state index is 6.09. The summed E-state index contributed by atoms with van der Waals surface area (Å²) in [5, 5.41) is 12.5. The monoisotopic (exact) mass is 493 g/mol. The van der Waals surface area contributed by atoms with Crippen molar-refractivity contribution >= 4 is 41.5 Å². The predicted molar refractivity (Wildman–Crippen MR) is 117 cm³/mol. The lowest BCUT2D eigenvalue weighted by Crippen LogP contribution is -2.39. The minimum Gasteiger partial charge on any atom is -0.356 e. The van der Waals surface area contributed by atoms with E-state index in [9.17, 15) is 0 Å². The van der Waals surface area contributed by atoms with Gasteiger partial charge < -0.3 is 19.4 Å². The molecule has 2 rings (SSSR count). The van der Waals surface area contributed by atoms with Crippen molar-refractivity contribution in [3.05, 3.63) is 34.6 Å². The Hall–Kier alpha value is -1.29. The van der Waals surface area contributed by atoms with Crippen LogP contribution in [0.3, 0.4) is 0 Å². The van der Waals surface area contributed by atoms with E-state index >= 15 is 0 Å². The first-order valence-electron chi connectivity index (χ1n) is 8.57. The average molecular weight is 494 g/mol. The van der Waals surface area contributed by atoms with E-state index in [1.165, 1.54) is 0 Å². The molecule has 0 atom stereocenters. The second-order valence-electron chi connectivity index (χ2n) is 6.26. The number of nitrogens with one attached hydrogen (secondary N) is 1. The molecule has 0 saturated carbocycles. The highest BCUT2D eigenvalue weighted by Gasteiger charge is 2.11. The van der Waals surface area contributed by atoms with Crippen LogP contribution in [-0.4, -0.2) is 43.8 Å². The number of unbranched alkanes of at least 4 members (excludes halogenated alkanes) is 1. The summed E-state index contributed by atoms with van der Waals surface area (Å²) in [6, 6.07) is 1.98. The lowest BCUT2D eigenvalue weighted by molar-refractivity contribution is 0.458. The van der Waals surface area contributed by atoms with E-state index in [4.69, 9.17) is 16.6 Å². The molecule has 0 saturated heterocycles. The van der Waals surface area contributed by atoms with Crippen LogP contribution >= 0.6 is 35.6 Å². The molecular weight excluding hydrogens is 465 g/mol. The Kier molecular flexibility index (Phi) is 9.42. The minimum atomic E-state index is 0. The van der Waals surface area contributed by atoms with Crippen molar-refractivity contribution in [2.24, 2.45) is 19.1 Å². The molecule has 2 heterocycles. The number of hydrogen-bond donors (Lipinski definition) is 1. The Labute approximate surface area is 177 Å². The number of halogens is 2. The van der Waals surface area contributed by atoms with E-state index in [0.29, 0.717) is 6.54 Å². The zero-order chi connectivity index (χ0) is 18.4. The second-order valence-corrected chi connectivity index (χ2v) is 6.70. The molecule has 146 valence electrons. The van der Waals surface area contributed by atoms with Crippen LogP contribution in [0.25, 0.3) is 0 Å². The Morgan fingerprint density at radius 3 is 2.62 bits per heavy atom. The zero-order valence-electron chi connectivity index (χ0n) is 16.2. The second kappa shape index (κ2) is 10.8. The van der Waals surface area contributed by atoms with Gasteiger partial charge in [0.1, 0.15) is 12.4 Å². The van der Waals surface area contributed by atoms with Crippen LogP contribution in [0.1, 0.15) is 37.1 Å². The molecule has 0 amide bonds. The van der Waals surface area contributed by atoms with Gasteiger partial charge >= 0.3 is 0 Å². The van der Waals surface area contributed by atoms with Crippen LogP contribution < -0.4 is 5.32 Å². The first-order valence-corrected chi connectivity index (χ1v) is 8.95. The number of nitrogens with zero attached hydrogens (tertiary/aromatic N) is 6. The number of aromatic nitrogens is 4. The van der Waals surface area contributed by atoms with Crippen molar-refractivity contribution in [3.63, 3.8) is 0 Å². The number of aliphatic imine (C=N–C) groups is 1. The van der Waals surface area contributed by atoms with Gasteiger partial charge in [-0.25, -0.2) is 4.99 Å². The van der Waals surface area contributed by atoms with Crippen LogP contribution in [0.2, 0.25) is 5.02 Å². The van der Waals surface area contributed by atoms with Crippen molar-refractivity contribution in [1.29, 1.82) is 0 Å². The third kappa shape index (κ3) is 6.15. The fraction of sp³-hybridized carbons (Fsp3) is 0.588. The van der Waals surface area contributed by atoms with Gasteiger partial charge in [0.25, 0.3) is 0 Å². The quantitative estimate of drug-likeness (QED) is 0.279.